The van der Waals surface area contributed by atoms with Gasteiger partial charge in [-0.15, -0.1) is 0 Å². The van der Waals surface area contributed by atoms with Gasteiger partial charge >= 0.3 is 0 Å². The number of hydrogen-bond donors (Lipinski definition) is 3. The van der Waals surface area contributed by atoms with E-state index < -0.39 is 15.6 Å². The van der Waals surface area contributed by atoms with Crippen LogP contribution in [0, 0.1) is 0 Å². The lowest BCUT2D eigenvalue weighted by Crippen LogP contribution is -2.55. The van der Waals surface area contributed by atoms with Crippen LogP contribution in [0.4, 0.5) is 0 Å². The van der Waals surface area contributed by atoms with Crippen molar-refractivity contribution in [1.29, 1.82) is 0 Å². The number of sulfonamides is 1. The van der Waals surface area contributed by atoms with E-state index in [4.69, 9.17) is 10.5 Å². The molecule has 1 rings (SSSR count). The molecule has 0 bridgehead atoms. The molecule has 1 aliphatic heterocycles. The van der Waals surface area contributed by atoms with Gasteiger partial charge in [-0.2, -0.15) is 0 Å². The van der Waals surface area contributed by atoms with Gasteiger partial charge in [0.15, 0.2) is 0 Å². The predicted octanol–water partition coefficient (Wildman–Crippen LogP) is -2.23. The van der Waals surface area contributed by atoms with E-state index in [0.29, 0.717) is 13.0 Å². The Morgan fingerprint density at radius 3 is 2.69 bits per heavy atom. The molecule has 0 radical (unpaired) electrons. The molecule has 0 aliphatic carbocycles. The van der Waals surface area contributed by atoms with E-state index in [1.54, 1.807) is 0 Å². The Balaban J connectivity index is 2.25. The second kappa shape index (κ2) is 5.09. The number of hydrogen-bond acceptors (Lipinski definition) is 5. The SMILES string of the molecule is CS(=O)(=O)NCCNC(=O)C1(N)CCOC1. The number of rotatable bonds is 5. The Labute approximate surface area is 94.8 Å². The van der Waals surface area contributed by atoms with Gasteiger partial charge in [0.1, 0.15) is 5.54 Å². The summed E-state index contributed by atoms with van der Waals surface area (Å²) in [6, 6.07) is 0. The first-order valence-electron chi connectivity index (χ1n) is 4.93. The Bertz CT molecular complexity index is 348. The van der Waals surface area contributed by atoms with Gasteiger partial charge in [-0.1, -0.05) is 0 Å². The largest absolute Gasteiger partial charge is 0.379 e. The minimum atomic E-state index is -3.21. The average Bonchev–Trinajstić information content (AvgIpc) is 2.59. The minimum absolute atomic E-state index is 0.154. The molecule has 0 saturated carbocycles. The van der Waals surface area contributed by atoms with Crippen LogP contribution >= 0.6 is 0 Å². The fourth-order valence-corrected chi connectivity index (χ4v) is 1.82. The quantitative estimate of drug-likeness (QED) is 0.479. The van der Waals surface area contributed by atoms with E-state index in [-0.39, 0.29) is 25.6 Å². The smallest absolute Gasteiger partial charge is 0.242 e. The van der Waals surface area contributed by atoms with Gasteiger partial charge in [0, 0.05) is 19.7 Å². The summed E-state index contributed by atoms with van der Waals surface area (Å²) in [6.07, 6.45) is 1.54. The summed E-state index contributed by atoms with van der Waals surface area (Å²) in [5, 5.41) is 2.57. The van der Waals surface area contributed by atoms with Gasteiger partial charge in [0.05, 0.1) is 12.9 Å². The highest BCUT2D eigenvalue weighted by atomic mass is 32.2. The van der Waals surface area contributed by atoms with Crippen LogP contribution in [0.1, 0.15) is 6.42 Å². The highest BCUT2D eigenvalue weighted by Gasteiger charge is 2.37. The summed E-state index contributed by atoms with van der Waals surface area (Å²) in [6.45, 7) is 1.05. The monoisotopic (exact) mass is 251 g/mol. The molecule has 94 valence electrons. The second-order valence-electron chi connectivity index (χ2n) is 3.88. The first-order chi connectivity index (χ1) is 7.33. The van der Waals surface area contributed by atoms with Crippen LogP contribution in [0.5, 0.6) is 0 Å². The molecule has 1 aliphatic rings. The van der Waals surface area contributed by atoms with Crippen molar-refractivity contribution >= 4 is 15.9 Å². The molecule has 7 nitrogen and oxygen atoms in total. The number of nitrogens with one attached hydrogen (secondary N) is 2. The van der Waals surface area contributed by atoms with Gasteiger partial charge in [0.2, 0.25) is 15.9 Å². The van der Waals surface area contributed by atoms with Crippen LogP contribution in [-0.2, 0) is 19.6 Å². The van der Waals surface area contributed by atoms with Crippen LogP contribution in [0.3, 0.4) is 0 Å². The molecule has 0 aromatic rings. The Hall–Kier alpha value is -0.700. The van der Waals surface area contributed by atoms with Gasteiger partial charge in [-0.05, 0) is 6.42 Å². The van der Waals surface area contributed by atoms with Crippen molar-refractivity contribution in [2.45, 2.75) is 12.0 Å². The van der Waals surface area contributed by atoms with Crippen LogP contribution in [-0.4, -0.2) is 52.4 Å². The summed E-state index contributed by atoms with van der Waals surface area (Å²) in [4.78, 5) is 11.6. The average molecular weight is 251 g/mol. The van der Waals surface area contributed by atoms with Crippen molar-refractivity contribution in [3.63, 3.8) is 0 Å². The van der Waals surface area contributed by atoms with Crippen molar-refractivity contribution < 1.29 is 17.9 Å². The molecule has 16 heavy (non-hydrogen) atoms. The number of amides is 1. The van der Waals surface area contributed by atoms with Gasteiger partial charge < -0.3 is 15.8 Å². The zero-order valence-electron chi connectivity index (χ0n) is 9.15. The maximum atomic E-state index is 11.6. The van der Waals surface area contributed by atoms with E-state index in [2.05, 4.69) is 10.0 Å². The third-order valence-electron chi connectivity index (χ3n) is 2.28. The van der Waals surface area contributed by atoms with E-state index in [9.17, 15) is 13.2 Å². The molecule has 1 unspecified atom stereocenters. The van der Waals surface area contributed by atoms with Gasteiger partial charge in [-0.25, -0.2) is 13.1 Å². The van der Waals surface area contributed by atoms with Crippen LogP contribution < -0.4 is 15.8 Å². The van der Waals surface area contributed by atoms with Gasteiger partial charge in [0.25, 0.3) is 0 Å². The summed E-state index contributed by atoms with van der Waals surface area (Å²) < 4.78 is 28.8. The van der Waals surface area contributed by atoms with Crippen LogP contribution in [0.15, 0.2) is 0 Å². The topological polar surface area (TPSA) is 111 Å². The first-order valence-corrected chi connectivity index (χ1v) is 6.82. The molecule has 4 N–H and O–H groups in total. The fraction of sp³-hybridized carbons (Fsp3) is 0.875. The zero-order chi connectivity index (χ0) is 12.2. The number of carbonyl (C=O) groups is 1. The van der Waals surface area contributed by atoms with Crippen molar-refractivity contribution in [2.75, 3.05) is 32.6 Å². The summed E-state index contributed by atoms with van der Waals surface area (Å²) in [5.74, 6) is -0.305. The molecule has 1 fully saturated rings. The maximum absolute atomic E-state index is 11.6. The molecule has 0 spiro atoms. The minimum Gasteiger partial charge on any atom is -0.379 e. The van der Waals surface area contributed by atoms with Crippen molar-refractivity contribution in [2.24, 2.45) is 5.73 Å². The third kappa shape index (κ3) is 4.05. The molecule has 0 aromatic heterocycles. The number of nitrogens with two attached hydrogens (primary N) is 1. The third-order valence-corrected chi connectivity index (χ3v) is 3.01. The predicted molar refractivity (Wildman–Crippen MR) is 58.2 cm³/mol. The maximum Gasteiger partial charge on any atom is 0.242 e. The van der Waals surface area contributed by atoms with Crippen LogP contribution in [0.25, 0.3) is 0 Å². The Kier molecular flexibility index (Phi) is 4.25. The van der Waals surface area contributed by atoms with E-state index >= 15 is 0 Å². The lowest BCUT2D eigenvalue weighted by Gasteiger charge is -2.20. The zero-order valence-corrected chi connectivity index (χ0v) is 9.97. The lowest BCUT2D eigenvalue weighted by atomic mass is 9.99. The molecular weight excluding hydrogens is 234 g/mol. The van der Waals surface area contributed by atoms with Crippen molar-refractivity contribution in [3.05, 3.63) is 0 Å². The van der Waals surface area contributed by atoms with E-state index in [1.165, 1.54) is 0 Å². The molecule has 8 heteroatoms. The fourth-order valence-electron chi connectivity index (χ4n) is 1.35. The van der Waals surface area contributed by atoms with Crippen molar-refractivity contribution in [1.82, 2.24) is 10.0 Å². The van der Waals surface area contributed by atoms with Gasteiger partial charge in [-0.3, -0.25) is 4.79 Å². The van der Waals surface area contributed by atoms with Crippen molar-refractivity contribution in [3.8, 4) is 0 Å². The first kappa shape index (κ1) is 13.4. The van der Waals surface area contributed by atoms with E-state index in [0.717, 1.165) is 6.26 Å². The Morgan fingerprint density at radius 2 is 2.19 bits per heavy atom. The molecule has 0 aromatic carbocycles. The van der Waals surface area contributed by atoms with Crippen LogP contribution in [0.2, 0.25) is 0 Å². The molecule has 1 saturated heterocycles. The number of carbonyl (C=O) groups excluding carboxylic acids is 1. The lowest BCUT2D eigenvalue weighted by molar-refractivity contribution is -0.126. The van der Waals surface area contributed by atoms with E-state index in [1.807, 2.05) is 0 Å². The molecule has 1 amide bonds. The Morgan fingerprint density at radius 1 is 1.50 bits per heavy atom. The normalized spacial score (nSPS) is 25.6. The second-order valence-corrected chi connectivity index (χ2v) is 5.71. The summed E-state index contributed by atoms with van der Waals surface area (Å²) in [7, 11) is -3.21. The number of ether oxygens (including phenoxy) is 1. The standard InChI is InChI=1S/C8H17N3O4S/c1-16(13,14)11-4-3-10-7(12)8(9)2-5-15-6-8/h11H,2-6,9H2,1H3,(H,10,12). The summed E-state index contributed by atoms with van der Waals surface area (Å²) in [5.41, 5.74) is 4.83. The summed E-state index contributed by atoms with van der Waals surface area (Å²) >= 11 is 0. The molecular formula is C8H17N3O4S. The molecule has 1 heterocycles. The molecule has 1 atom stereocenters. The highest BCUT2D eigenvalue weighted by molar-refractivity contribution is 7.88. The highest BCUT2D eigenvalue weighted by Crippen LogP contribution is 2.14.